The van der Waals surface area contributed by atoms with Gasteiger partial charge in [0.05, 0.1) is 6.10 Å². The van der Waals surface area contributed by atoms with E-state index in [1.807, 2.05) is 18.2 Å². The molecular formula is C16H21Cl2NO. The molecule has 1 aliphatic heterocycles. The molecule has 3 rings (SSSR count). The van der Waals surface area contributed by atoms with Crippen LogP contribution in [0, 0.1) is 5.41 Å². The third-order valence-electron chi connectivity index (χ3n) is 4.96. The number of rotatable bonds is 2. The van der Waals surface area contributed by atoms with Crippen molar-refractivity contribution < 1.29 is 5.11 Å². The summed E-state index contributed by atoms with van der Waals surface area (Å²) >= 11 is 12.2. The van der Waals surface area contributed by atoms with Crippen LogP contribution in [0.2, 0.25) is 10.0 Å². The maximum absolute atomic E-state index is 10.3. The predicted molar refractivity (Wildman–Crippen MR) is 83.3 cm³/mol. The molecule has 0 bridgehead atoms. The molecule has 0 radical (unpaired) electrons. The molecule has 1 saturated heterocycles. The van der Waals surface area contributed by atoms with Crippen LogP contribution in [0.15, 0.2) is 18.2 Å². The average Bonchev–Trinajstić information content (AvgIpc) is 2.74. The highest BCUT2D eigenvalue weighted by Gasteiger charge is 2.44. The predicted octanol–water partition coefficient (Wildman–Crippen LogP) is 4.12. The monoisotopic (exact) mass is 313 g/mol. The van der Waals surface area contributed by atoms with Gasteiger partial charge >= 0.3 is 0 Å². The van der Waals surface area contributed by atoms with Gasteiger partial charge in [0.15, 0.2) is 0 Å². The van der Waals surface area contributed by atoms with E-state index in [4.69, 9.17) is 23.2 Å². The average molecular weight is 314 g/mol. The van der Waals surface area contributed by atoms with E-state index in [9.17, 15) is 5.11 Å². The zero-order valence-electron chi connectivity index (χ0n) is 11.6. The van der Waals surface area contributed by atoms with E-state index in [2.05, 4.69) is 4.90 Å². The van der Waals surface area contributed by atoms with Gasteiger partial charge in [-0.25, -0.2) is 0 Å². The molecule has 0 aromatic heterocycles. The molecule has 2 atom stereocenters. The number of nitrogens with zero attached hydrogens (tertiary/aromatic N) is 1. The molecule has 1 spiro atoms. The van der Waals surface area contributed by atoms with Crippen LogP contribution in [0.1, 0.15) is 37.7 Å². The SMILES string of the molecule is O[C@@H]1CCC[C@@]12CCCN(Cc1ccc(Cl)cc1Cl)C2. The Morgan fingerprint density at radius 1 is 1.25 bits per heavy atom. The van der Waals surface area contributed by atoms with Crippen LogP contribution in [-0.2, 0) is 6.54 Å². The van der Waals surface area contributed by atoms with Gasteiger partial charge in [-0.1, -0.05) is 35.7 Å². The van der Waals surface area contributed by atoms with Crippen LogP contribution in [0.25, 0.3) is 0 Å². The molecule has 2 aliphatic rings. The van der Waals surface area contributed by atoms with Crippen molar-refractivity contribution in [3.05, 3.63) is 33.8 Å². The van der Waals surface area contributed by atoms with Crippen molar-refractivity contribution in [2.45, 2.75) is 44.8 Å². The summed E-state index contributed by atoms with van der Waals surface area (Å²) in [5, 5.41) is 11.7. The molecule has 1 aliphatic carbocycles. The van der Waals surface area contributed by atoms with Gasteiger partial charge < -0.3 is 5.11 Å². The summed E-state index contributed by atoms with van der Waals surface area (Å²) in [4.78, 5) is 2.44. The van der Waals surface area contributed by atoms with E-state index in [0.717, 1.165) is 43.1 Å². The molecular weight excluding hydrogens is 293 g/mol. The van der Waals surface area contributed by atoms with Crippen LogP contribution >= 0.6 is 23.2 Å². The van der Waals surface area contributed by atoms with Crippen LogP contribution in [0.4, 0.5) is 0 Å². The van der Waals surface area contributed by atoms with Gasteiger partial charge in [0.1, 0.15) is 0 Å². The molecule has 1 N–H and O–H groups in total. The van der Waals surface area contributed by atoms with Gasteiger partial charge in [-0.15, -0.1) is 0 Å². The number of benzene rings is 1. The van der Waals surface area contributed by atoms with Crippen molar-refractivity contribution in [3.8, 4) is 0 Å². The molecule has 2 fully saturated rings. The van der Waals surface area contributed by atoms with Crippen LogP contribution in [0.5, 0.6) is 0 Å². The van der Waals surface area contributed by atoms with Crippen molar-refractivity contribution in [2.24, 2.45) is 5.41 Å². The number of halogens is 2. The Morgan fingerprint density at radius 2 is 2.05 bits per heavy atom. The second kappa shape index (κ2) is 5.84. The molecule has 1 saturated carbocycles. The lowest BCUT2D eigenvalue weighted by molar-refractivity contribution is -0.0120. The fraction of sp³-hybridized carbons (Fsp3) is 0.625. The van der Waals surface area contributed by atoms with Crippen molar-refractivity contribution in [1.29, 1.82) is 0 Å². The topological polar surface area (TPSA) is 23.5 Å². The minimum absolute atomic E-state index is 0.119. The third kappa shape index (κ3) is 2.85. The Morgan fingerprint density at radius 3 is 2.75 bits per heavy atom. The van der Waals surface area contributed by atoms with Gasteiger partial charge in [-0.3, -0.25) is 4.90 Å². The lowest BCUT2D eigenvalue weighted by atomic mass is 9.76. The first kappa shape index (κ1) is 14.6. The molecule has 1 heterocycles. The third-order valence-corrected chi connectivity index (χ3v) is 5.54. The zero-order chi connectivity index (χ0) is 14.2. The lowest BCUT2D eigenvalue weighted by Gasteiger charge is -2.42. The second-order valence-electron chi connectivity index (χ2n) is 6.32. The highest BCUT2D eigenvalue weighted by molar-refractivity contribution is 6.35. The van der Waals surface area contributed by atoms with Crippen molar-refractivity contribution in [3.63, 3.8) is 0 Å². The van der Waals surface area contributed by atoms with E-state index >= 15 is 0 Å². The first-order valence-electron chi connectivity index (χ1n) is 7.43. The Kier molecular flexibility index (Phi) is 4.28. The van der Waals surface area contributed by atoms with Crippen molar-refractivity contribution in [2.75, 3.05) is 13.1 Å². The summed E-state index contributed by atoms with van der Waals surface area (Å²) in [5.41, 5.74) is 1.26. The summed E-state index contributed by atoms with van der Waals surface area (Å²) in [6.07, 6.45) is 5.51. The Hall–Kier alpha value is -0.280. The smallest absolute Gasteiger partial charge is 0.0608 e. The van der Waals surface area contributed by atoms with E-state index in [-0.39, 0.29) is 11.5 Å². The minimum Gasteiger partial charge on any atom is -0.393 e. The number of likely N-dealkylation sites (tertiary alicyclic amines) is 1. The molecule has 2 nitrogen and oxygen atoms in total. The first-order valence-corrected chi connectivity index (χ1v) is 8.19. The van der Waals surface area contributed by atoms with Gasteiger partial charge in [0, 0.05) is 28.5 Å². The summed E-state index contributed by atoms with van der Waals surface area (Å²) < 4.78 is 0. The molecule has 110 valence electrons. The largest absolute Gasteiger partial charge is 0.393 e. The summed E-state index contributed by atoms with van der Waals surface area (Å²) in [6, 6.07) is 5.71. The standard InChI is InChI=1S/C16H21Cl2NO/c17-13-5-4-12(14(18)9-13)10-19-8-2-7-16(11-19)6-1-3-15(16)20/h4-5,9,15,20H,1-3,6-8,10-11H2/t15-,16+/m1/s1. The zero-order valence-corrected chi connectivity index (χ0v) is 13.1. The maximum atomic E-state index is 10.3. The van der Waals surface area contributed by atoms with Gasteiger partial charge in [-0.2, -0.15) is 0 Å². The number of aliphatic hydroxyl groups excluding tert-OH is 1. The van der Waals surface area contributed by atoms with Gasteiger partial charge in [-0.05, 0) is 49.9 Å². The van der Waals surface area contributed by atoms with E-state index < -0.39 is 0 Å². The Bertz CT molecular complexity index is 493. The van der Waals surface area contributed by atoms with E-state index in [0.29, 0.717) is 5.02 Å². The highest BCUT2D eigenvalue weighted by atomic mass is 35.5. The molecule has 1 aromatic rings. The number of hydrogen-bond acceptors (Lipinski definition) is 2. The molecule has 0 unspecified atom stereocenters. The summed E-state index contributed by atoms with van der Waals surface area (Å²) in [6.45, 7) is 2.94. The number of aliphatic hydroxyl groups is 1. The molecule has 4 heteroatoms. The Balaban J connectivity index is 1.71. The quantitative estimate of drug-likeness (QED) is 0.887. The van der Waals surface area contributed by atoms with Gasteiger partial charge in [0.25, 0.3) is 0 Å². The van der Waals surface area contributed by atoms with Gasteiger partial charge in [0.2, 0.25) is 0 Å². The second-order valence-corrected chi connectivity index (χ2v) is 7.16. The molecule has 20 heavy (non-hydrogen) atoms. The fourth-order valence-corrected chi connectivity index (χ4v) is 4.35. The Labute approximate surface area is 130 Å². The van der Waals surface area contributed by atoms with Crippen molar-refractivity contribution in [1.82, 2.24) is 4.90 Å². The van der Waals surface area contributed by atoms with E-state index in [1.54, 1.807) is 0 Å². The lowest BCUT2D eigenvalue weighted by Crippen LogP contribution is -2.46. The van der Waals surface area contributed by atoms with Crippen LogP contribution in [-0.4, -0.2) is 29.2 Å². The minimum atomic E-state index is -0.119. The maximum Gasteiger partial charge on any atom is 0.0608 e. The number of hydrogen-bond donors (Lipinski definition) is 1. The molecule has 0 amide bonds. The van der Waals surface area contributed by atoms with E-state index in [1.165, 1.54) is 19.3 Å². The highest BCUT2D eigenvalue weighted by Crippen LogP contribution is 2.45. The molecule has 1 aromatic carbocycles. The summed E-state index contributed by atoms with van der Waals surface area (Å²) in [5.74, 6) is 0. The van der Waals surface area contributed by atoms with Crippen LogP contribution in [0.3, 0.4) is 0 Å². The first-order chi connectivity index (χ1) is 9.59. The van der Waals surface area contributed by atoms with Crippen molar-refractivity contribution >= 4 is 23.2 Å². The number of piperidine rings is 1. The van der Waals surface area contributed by atoms with Crippen LogP contribution < -0.4 is 0 Å². The summed E-state index contributed by atoms with van der Waals surface area (Å²) in [7, 11) is 0. The normalized spacial score (nSPS) is 31.1. The fourth-order valence-electron chi connectivity index (χ4n) is 3.88.